The summed E-state index contributed by atoms with van der Waals surface area (Å²) in [5, 5.41) is 0.444. The topological polar surface area (TPSA) is 39.2 Å². The first-order valence-electron chi connectivity index (χ1n) is 5.05. The van der Waals surface area contributed by atoms with Crippen molar-refractivity contribution < 1.29 is 18.3 Å². The van der Waals surface area contributed by atoms with Crippen LogP contribution in [-0.4, -0.2) is 17.6 Å². The predicted molar refractivity (Wildman–Crippen MR) is 62.2 cm³/mol. The monoisotopic (exact) mass is 307 g/mol. The summed E-state index contributed by atoms with van der Waals surface area (Å²) in [5.41, 5.74) is 0.506. The minimum Gasteiger partial charge on any atom is -0.466 e. The van der Waals surface area contributed by atoms with E-state index < -0.39 is 12.4 Å². The van der Waals surface area contributed by atoms with Crippen molar-refractivity contribution in [1.29, 1.82) is 0 Å². The highest BCUT2D eigenvalue weighted by Gasteiger charge is 2.17. The largest absolute Gasteiger partial charge is 0.466 e. The molecule has 0 aliphatic carbocycles. The van der Waals surface area contributed by atoms with Crippen LogP contribution in [0.2, 0.25) is 0 Å². The second-order valence-corrected chi connectivity index (χ2v) is 3.86. The van der Waals surface area contributed by atoms with Crippen molar-refractivity contribution in [2.75, 3.05) is 6.61 Å². The van der Waals surface area contributed by atoms with Crippen molar-refractivity contribution >= 4 is 21.9 Å². The van der Waals surface area contributed by atoms with E-state index in [0.717, 1.165) is 0 Å². The van der Waals surface area contributed by atoms with E-state index in [1.165, 1.54) is 12.3 Å². The highest BCUT2D eigenvalue weighted by molar-refractivity contribution is 9.08. The third-order valence-electron chi connectivity index (χ3n) is 2.07. The number of halogens is 3. The molecule has 1 heterocycles. The molecule has 0 amide bonds. The van der Waals surface area contributed by atoms with Crippen molar-refractivity contribution in [3.05, 3.63) is 29.1 Å². The Morgan fingerprint density at radius 2 is 2.29 bits per heavy atom. The van der Waals surface area contributed by atoms with Crippen molar-refractivity contribution in [2.24, 2.45) is 0 Å². The Hall–Kier alpha value is -1.04. The molecule has 0 saturated heterocycles. The number of ether oxygens (including phenoxy) is 1. The molecule has 0 aliphatic rings. The zero-order chi connectivity index (χ0) is 12.8. The van der Waals surface area contributed by atoms with E-state index in [9.17, 15) is 13.6 Å². The molecule has 0 aliphatic heterocycles. The number of hydrogen-bond donors (Lipinski definition) is 0. The van der Waals surface area contributed by atoms with E-state index in [4.69, 9.17) is 4.74 Å². The fourth-order valence-corrected chi connectivity index (χ4v) is 1.62. The minimum atomic E-state index is -2.65. The summed E-state index contributed by atoms with van der Waals surface area (Å²) in [4.78, 5) is 15.1. The van der Waals surface area contributed by atoms with E-state index in [0.29, 0.717) is 10.9 Å². The summed E-state index contributed by atoms with van der Waals surface area (Å²) in [6.45, 7) is 1.88. The van der Waals surface area contributed by atoms with Gasteiger partial charge in [0.2, 0.25) is 0 Å². The van der Waals surface area contributed by atoms with Crippen LogP contribution in [0.25, 0.3) is 0 Å². The van der Waals surface area contributed by atoms with Gasteiger partial charge in [-0.3, -0.25) is 9.78 Å². The average Bonchev–Trinajstić information content (AvgIpc) is 2.29. The van der Waals surface area contributed by atoms with Gasteiger partial charge >= 0.3 is 5.97 Å². The van der Waals surface area contributed by atoms with E-state index >= 15 is 0 Å². The lowest BCUT2D eigenvalue weighted by Crippen LogP contribution is -2.11. The molecule has 1 aromatic rings. The number of aromatic nitrogens is 1. The maximum absolute atomic E-state index is 12.8. The molecule has 3 nitrogen and oxygen atoms in total. The molecule has 1 rings (SSSR count). The van der Waals surface area contributed by atoms with Gasteiger partial charge in [0.1, 0.15) is 0 Å². The first kappa shape index (κ1) is 14.0. The molecule has 0 aromatic carbocycles. The first-order chi connectivity index (χ1) is 8.08. The van der Waals surface area contributed by atoms with Gasteiger partial charge in [-0.15, -0.1) is 0 Å². The molecule has 6 heteroatoms. The lowest BCUT2D eigenvalue weighted by Gasteiger charge is -2.09. The van der Waals surface area contributed by atoms with E-state index in [2.05, 4.69) is 20.9 Å². The third kappa shape index (κ3) is 4.03. The predicted octanol–water partition coefficient (Wildman–Crippen LogP) is 3.02. The Bertz CT molecular complexity index is 399. The van der Waals surface area contributed by atoms with Gasteiger partial charge < -0.3 is 4.74 Å². The van der Waals surface area contributed by atoms with Gasteiger partial charge in [0.25, 0.3) is 6.43 Å². The molecule has 0 unspecified atom stereocenters. The van der Waals surface area contributed by atoms with Gasteiger partial charge in [-0.25, -0.2) is 8.78 Å². The van der Waals surface area contributed by atoms with E-state index in [1.807, 2.05) is 0 Å². The molecule has 0 spiro atoms. The maximum Gasteiger partial charge on any atom is 0.311 e. The van der Waals surface area contributed by atoms with E-state index in [-0.39, 0.29) is 24.3 Å². The molecule has 0 fully saturated rings. The quantitative estimate of drug-likeness (QED) is 0.620. The Labute approximate surface area is 106 Å². The number of carbonyl (C=O) groups excluding carboxylic acids is 1. The molecular formula is C11H12BrF2NO2. The molecule has 0 atom stereocenters. The fraction of sp³-hybridized carbons (Fsp3) is 0.455. The van der Waals surface area contributed by atoms with Crippen LogP contribution < -0.4 is 0 Å². The average molecular weight is 308 g/mol. The molecule has 0 N–H and O–H groups in total. The summed E-state index contributed by atoms with van der Waals surface area (Å²) >= 11 is 3.16. The third-order valence-corrected chi connectivity index (χ3v) is 2.71. The molecule has 0 saturated carbocycles. The van der Waals surface area contributed by atoms with Crippen LogP contribution in [0.15, 0.2) is 12.3 Å². The number of rotatable bonds is 5. The van der Waals surface area contributed by atoms with Crippen LogP contribution in [0.1, 0.15) is 30.2 Å². The summed E-state index contributed by atoms with van der Waals surface area (Å²) in [6, 6.07) is 1.35. The van der Waals surface area contributed by atoms with E-state index in [1.54, 1.807) is 6.92 Å². The molecule has 1 aromatic heterocycles. The summed E-state index contributed by atoms with van der Waals surface area (Å²) in [6.07, 6.45) is -1.41. The smallest absolute Gasteiger partial charge is 0.311 e. The van der Waals surface area contributed by atoms with Crippen LogP contribution in [0.4, 0.5) is 8.78 Å². The van der Waals surface area contributed by atoms with Gasteiger partial charge in [0, 0.05) is 17.1 Å². The normalized spacial score (nSPS) is 10.6. The highest BCUT2D eigenvalue weighted by Crippen LogP contribution is 2.24. The van der Waals surface area contributed by atoms with Crippen LogP contribution in [0.5, 0.6) is 0 Å². The molecule has 0 radical (unpaired) electrons. The minimum absolute atomic E-state index is 0.0724. The Morgan fingerprint density at radius 1 is 1.59 bits per heavy atom. The Kier molecular flexibility index (Phi) is 5.47. The lowest BCUT2D eigenvalue weighted by molar-refractivity contribution is -0.142. The van der Waals surface area contributed by atoms with Gasteiger partial charge in [-0.2, -0.15) is 0 Å². The summed E-state index contributed by atoms with van der Waals surface area (Å²) < 4.78 is 30.2. The van der Waals surface area contributed by atoms with Crippen molar-refractivity contribution in [1.82, 2.24) is 4.98 Å². The molecular weight excluding hydrogens is 296 g/mol. The highest BCUT2D eigenvalue weighted by atomic mass is 79.9. The fourth-order valence-electron chi connectivity index (χ4n) is 1.31. The van der Waals surface area contributed by atoms with Crippen LogP contribution >= 0.6 is 15.9 Å². The van der Waals surface area contributed by atoms with Gasteiger partial charge in [0.05, 0.1) is 18.7 Å². The maximum atomic E-state index is 12.8. The van der Waals surface area contributed by atoms with Gasteiger partial charge in [-0.1, -0.05) is 15.9 Å². The molecule has 17 heavy (non-hydrogen) atoms. The number of esters is 1. The van der Waals surface area contributed by atoms with Crippen molar-refractivity contribution in [3.63, 3.8) is 0 Å². The van der Waals surface area contributed by atoms with Crippen LogP contribution in [0.3, 0.4) is 0 Å². The first-order valence-corrected chi connectivity index (χ1v) is 6.18. The summed E-state index contributed by atoms with van der Waals surface area (Å²) in [7, 11) is 0. The van der Waals surface area contributed by atoms with Crippen molar-refractivity contribution in [3.8, 4) is 0 Å². The summed E-state index contributed by atoms with van der Waals surface area (Å²) in [5.74, 6) is -0.548. The molecule has 94 valence electrons. The zero-order valence-corrected chi connectivity index (χ0v) is 10.8. The van der Waals surface area contributed by atoms with Gasteiger partial charge in [0.15, 0.2) is 0 Å². The number of pyridine rings is 1. The standard InChI is InChI=1S/C11H12BrF2NO2/c1-2-17-10(16)4-9-8(11(13)14)3-7(5-12)6-15-9/h3,6,11H,2,4-5H2,1H3. The molecule has 0 bridgehead atoms. The Morgan fingerprint density at radius 3 is 2.82 bits per heavy atom. The number of hydrogen-bond acceptors (Lipinski definition) is 3. The lowest BCUT2D eigenvalue weighted by atomic mass is 10.1. The zero-order valence-electron chi connectivity index (χ0n) is 9.25. The number of carbonyl (C=O) groups is 1. The Balaban J connectivity index is 2.94. The second kappa shape index (κ2) is 6.64. The SMILES string of the molecule is CCOC(=O)Cc1ncc(CBr)cc1C(F)F. The van der Waals surface area contributed by atoms with Gasteiger partial charge in [-0.05, 0) is 18.6 Å². The number of alkyl halides is 3. The van der Waals surface area contributed by atoms with Crippen LogP contribution in [-0.2, 0) is 21.3 Å². The number of nitrogens with zero attached hydrogens (tertiary/aromatic N) is 1. The van der Waals surface area contributed by atoms with Crippen molar-refractivity contribution in [2.45, 2.75) is 25.1 Å². The second-order valence-electron chi connectivity index (χ2n) is 3.30. The van der Waals surface area contributed by atoms with Crippen LogP contribution in [0, 0.1) is 0 Å².